The number of para-hydroxylation sites is 1. The first-order chi connectivity index (χ1) is 18.0. The number of carbonyl (C=O) groups excluding carboxylic acids is 3. The Morgan fingerprint density at radius 1 is 1.00 bits per heavy atom. The third kappa shape index (κ3) is 3.53. The molecule has 0 aromatic heterocycles. The first kappa shape index (κ1) is 26.6. The molecule has 8 heteroatoms. The first-order valence-corrected chi connectivity index (χ1v) is 13.7. The Morgan fingerprint density at radius 2 is 1.66 bits per heavy atom. The van der Waals surface area contributed by atoms with Crippen LogP contribution in [-0.2, 0) is 19.1 Å². The Kier molecular flexibility index (Phi) is 6.55. The van der Waals surface area contributed by atoms with Gasteiger partial charge in [0.15, 0.2) is 0 Å². The molecule has 0 saturated carbocycles. The largest absolute Gasteiger partial charge is 0.394 e. The van der Waals surface area contributed by atoms with E-state index < -0.39 is 35.1 Å². The molecule has 4 aliphatic heterocycles. The first-order valence-electron chi connectivity index (χ1n) is 13.7. The molecule has 8 nitrogen and oxygen atoms in total. The highest BCUT2D eigenvalue weighted by Gasteiger charge is 2.76. The molecule has 2 saturated heterocycles. The van der Waals surface area contributed by atoms with Crippen molar-refractivity contribution in [2.24, 2.45) is 17.8 Å². The molecule has 1 N–H and O–H groups in total. The maximum Gasteiger partial charge on any atom is 0.253 e. The zero-order valence-corrected chi connectivity index (χ0v) is 23.2. The van der Waals surface area contributed by atoms with Crippen LogP contribution in [0.1, 0.15) is 38.3 Å². The van der Waals surface area contributed by atoms with Crippen molar-refractivity contribution in [2.75, 3.05) is 31.6 Å². The summed E-state index contributed by atoms with van der Waals surface area (Å²) in [7, 11) is 1.74. The van der Waals surface area contributed by atoms with Crippen LogP contribution in [0.5, 0.6) is 0 Å². The van der Waals surface area contributed by atoms with Crippen LogP contribution < -0.4 is 4.90 Å². The quantitative estimate of drug-likeness (QED) is 0.602. The number of aliphatic hydroxyl groups is 1. The highest BCUT2D eigenvalue weighted by molar-refractivity contribution is 6.06. The van der Waals surface area contributed by atoms with E-state index in [0.29, 0.717) is 19.5 Å². The van der Waals surface area contributed by atoms with E-state index >= 15 is 0 Å². The Labute approximate surface area is 224 Å². The van der Waals surface area contributed by atoms with Crippen LogP contribution in [0.2, 0.25) is 0 Å². The van der Waals surface area contributed by atoms with Crippen molar-refractivity contribution in [3.63, 3.8) is 0 Å². The predicted molar refractivity (Wildman–Crippen MR) is 144 cm³/mol. The standard InChI is InChI=1S/C30H39N3O5/c1-7-29-13-9-15-31(6)26(35)22(29)23-27(36)33(21(17-34)18(2)3)25-28(37)32(16-10-14-30(23,25)38-29)24-19(4)11-8-12-20(24)5/h8-14,18,21-23,25,34H,7,15-17H2,1-6H3/t21-,22-,23-,25?,29+,30-/m0/s1. The van der Waals surface area contributed by atoms with Crippen molar-refractivity contribution < 1.29 is 24.2 Å². The van der Waals surface area contributed by atoms with Gasteiger partial charge < -0.3 is 24.5 Å². The highest BCUT2D eigenvalue weighted by atomic mass is 16.5. The molecule has 6 atom stereocenters. The smallest absolute Gasteiger partial charge is 0.253 e. The number of hydrogen-bond acceptors (Lipinski definition) is 5. The van der Waals surface area contributed by atoms with Crippen LogP contribution in [-0.4, -0.2) is 82.7 Å². The number of rotatable bonds is 5. The minimum Gasteiger partial charge on any atom is -0.394 e. The molecule has 4 aliphatic rings. The van der Waals surface area contributed by atoms with Gasteiger partial charge in [0.2, 0.25) is 11.8 Å². The van der Waals surface area contributed by atoms with Gasteiger partial charge in [-0.2, -0.15) is 0 Å². The van der Waals surface area contributed by atoms with E-state index in [1.165, 1.54) is 0 Å². The number of likely N-dealkylation sites (tertiary alicyclic amines) is 1. The number of amides is 3. The molecule has 1 aromatic carbocycles. The van der Waals surface area contributed by atoms with Gasteiger partial charge in [-0.3, -0.25) is 14.4 Å². The monoisotopic (exact) mass is 521 g/mol. The number of likely N-dealkylation sites (N-methyl/N-ethyl adjacent to an activating group) is 1. The topological polar surface area (TPSA) is 90.4 Å². The third-order valence-electron chi connectivity index (χ3n) is 9.10. The van der Waals surface area contributed by atoms with Crippen LogP contribution >= 0.6 is 0 Å². The lowest BCUT2D eigenvalue weighted by Gasteiger charge is -2.42. The van der Waals surface area contributed by atoms with Crippen LogP contribution in [0.15, 0.2) is 42.5 Å². The normalized spacial score (nSPS) is 33.4. The second-order valence-electron chi connectivity index (χ2n) is 11.6. The summed E-state index contributed by atoms with van der Waals surface area (Å²) in [6.07, 6.45) is 8.12. The zero-order valence-electron chi connectivity index (χ0n) is 23.2. The van der Waals surface area contributed by atoms with Gasteiger partial charge >= 0.3 is 0 Å². The lowest BCUT2D eigenvalue weighted by molar-refractivity contribution is -0.153. The van der Waals surface area contributed by atoms with Crippen molar-refractivity contribution in [2.45, 2.75) is 64.3 Å². The van der Waals surface area contributed by atoms with Crippen molar-refractivity contribution in [3.8, 4) is 0 Å². The number of aliphatic hydroxyl groups excluding tert-OH is 1. The van der Waals surface area contributed by atoms with Crippen LogP contribution in [0.25, 0.3) is 0 Å². The van der Waals surface area contributed by atoms with Gasteiger partial charge in [-0.25, -0.2) is 0 Å². The Bertz CT molecular complexity index is 1200. The van der Waals surface area contributed by atoms with Gasteiger partial charge in [0.1, 0.15) is 11.6 Å². The summed E-state index contributed by atoms with van der Waals surface area (Å²) < 4.78 is 6.97. The summed E-state index contributed by atoms with van der Waals surface area (Å²) in [5, 5.41) is 10.5. The Morgan fingerprint density at radius 3 is 2.26 bits per heavy atom. The number of nitrogens with zero attached hydrogens (tertiary/aromatic N) is 3. The molecular formula is C30H39N3O5. The van der Waals surface area contributed by atoms with Gasteiger partial charge in [0.05, 0.1) is 30.1 Å². The van der Waals surface area contributed by atoms with Crippen LogP contribution in [0.3, 0.4) is 0 Å². The van der Waals surface area contributed by atoms with E-state index in [-0.39, 0.29) is 30.2 Å². The number of fused-ring (bicyclic) bond motifs is 2. The minimum absolute atomic E-state index is 0.114. The molecule has 204 valence electrons. The van der Waals surface area contributed by atoms with E-state index in [2.05, 4.69) is 0 Å². The zero-order chi connectivity index (χ0) is 27.6. The summed E-state index contributed by atoms with van der Waals surface area (Å²) in [6.45, 7) is 10.2. The average molecular weight is 522 g/mol. The summed E-state index contributed by atoms with van der Waals surface area (Å²) in [5.74, 6) is -2.48. The summed E-state index contributed by atoms with van der Waals surface area (Å²) in [5.41, 5.74) is 0.395. The Hall–Kier alpha value is -2.97. The van der Waals surface area contributed by atoms with E-state index in [1.807, 2.05) is 77.1 Å². The van der Waals surface area contributed by atoms with Crippen molar-refractivity contribution in [1.29, 1.82) is 0 Å². The lowest BCUT2D eigenvalue weighted by atomic mass is 9.73. The highest BCUT2D eigenvalue weighted by Crippen LogP contribution is 2.59. The molecule has 2 fully saturated rings. The van der Waals surface area contributed by atoms with Gasteiger partial charge in [-0.05, 0) is 37.3 Å². The number of anilines is 1. The molecule has 38 heavy (non-hydrogen) atoms. The molecule has 4 heterocycles. The molecule has 3 amide bonds. The van der Waals surface area contributed by atoms with E-state index in [0.717, 1.165) is 16.8 Å². The molecule has 0 radical (unpaired) electrons. The van der Waals surface area contributed by atoms with Crippen molar-refractivity contribution in [1.82, 2.24) is 9.80 Å². The molecular weight excluding hydrogens is 482 g/mol. The predicted octanol–water partition coefficient (Wildman–Crippen LogP) is 2.61. The van der Waals surface area contributed by atoms with E-state index in [1.54, 1.807) is 21.7 Å². The van der Waals surface area contributed by atoms with E-state index in [9.17, 15) is 19.5 Å². The Balaban J connectivity index is 1.74. The summed E-state index contributed by atoms with van der Waals surface area (Å²) in [4.78, 5) is 48.0. The molecule has 1 spiro atoms. The molecule has 0 aliphatic carbocycles. The summed E-state index contributed by atoms with van der Waals surface area (Å²) >= 11 is 0. The second-order valence-corrected chi connectivity index (χ2v) is 11.6. The lowest BCUT2D eigenvalue weighted by Crippen LogP contribution is -2.60. The number of benzene rings is 1. The molecule has 1 unspecified atom stereocenters. The number of aryl methyl sites for hydroxylation is 2. The van der Waals surface area contributed by atoms with Gasteiger partial charge in [0, 0.05) is 25.8 Å². The van der Waals surface area contributed by atoms with Gasteiger partial charge in [-0.1, -0.05) is 63.3 Å². The van der Waals surface area contributed by atoms with Crippen molar-refractivity contribution in [3.05, 3.63) is 53.6 Å². The third-order valence-corrected chi connectivity index (χ3v) is 9.10. The van der Waals surface area contributed by atoms with Crippen LogP contribution in [0.4, 0.5) is 5.69 Å². The SMILES string of the molecule is CC[C@@]12C=CCN(C)C(=O)[C@@H]1[C@H]1C(=O)N([C@@H](CO)C(C)C)C3C(=O)N(c4c(C)cccc4C)CC=C[C@@]31O2. The fourth-order valence-corrected chi connectivity index (χ4v) is 7.23. The second kappa shape index (κ2) is 9.35. The molecule has 1 aromatic rings. The number of carbonyl (C=O) groups is 3. The van der Waals surface area contributed by atoms with Crippen LogP contribution in [0, 0.1) is 31.6 Å². The number of ether oxygens (including phenoxy) is 1. The van der Waals surface area contributed by atoms with Gasteiger partial charge in [-0.15, -0.1) is 0 Å². The molecule has 5 rings (SSSR count). The fraction of sp³-hybridized carbons (Fsp3) is 0.567. The maximum atomic E-state index is 14.7. The maximum absolute atomic E-state index is 14.7. The minimum atomic E-state index is -1.33. The van der Waals surface area contributed by atoms with E-state index in [4.69, 9.17) is 4.74 Å². The fourth-order valence-electron chi connectivity index (χ4n) is 7.23. The molecule has 0 bridgehead atoms. The average Bonchev–Trinajstić information content (AvgIpc) is 3.17. The number of hydrogen-bond donors (Lipinski definition) is 1. The van der Waals surface area contributed by atoms with Gasteiger partial charge in [0.25, 0.3) is 5.91 Å². The van der Waals surface area contributed by atoms with Crippen molar-refractivity contribution >= 4 is 23.4 Å². The summed E-state index contributed by atoms with van der Waals surface area (Å²) in [6, 6.07) is 4.29.